The minimum absolute atomic E-state index is 0.0156. The Morgan fingerprint density at radius 3 is 2.50 bits per heavy atom. The number of hydrogen-bond donors (Lipinski definition) is 2. The van der Waals surface area contributed by atoms with Gasteiger partial charge in [0, 0.05) is 31.0 Å². The predicted octanol–water partition coefficient (Wildman–Crippen LogP) is 3.76. The number of anilines is 2. The lowest BCUT2D eigenvalue weighted by molar-refractivity contribution is -0.141. The molecule has 0 aromatic carbocycles. The number of rotatable bonds is 7. The summed E-state index contributed by atoms with van der Waals surface area (Å²) in [6.45, 7) is 4.25. The molecule has 2 aromatic rings. The second-order valence-corrected chi connectivity index (χ2v) is 5.45. The van der Waals surface area contributed by atoms with E-state index in [1.165, 1.54) is 0 Å². The zero-order chi connectivity index (χ0) is 17.6. The van der Waals surface area contributed by atoms with Crippen LogP contribution in [0.4, 0.5) is 24.9 Å². The van der Waals surface area contributed by atoms with Gasteiger partial charge in [0.25, 0.3) is 0 Å². The first kappa shape index (κ1) is 18.0. The molecule has 0 spiro atoms. The minimum atomic E-state index is -4.52. The van der Waals surface area contributed by atoms with Crippen LogP contribution in [0.3, 0.4) is 0 Å². The van der Waals surface area contributed by atoms with E-state index in [1.807, 2.05) is 26.0 Å². The Morgan fingerprint density at radius 2 is 1.88 bits per heavy atom. The quantitative estimate of drug-likeness (QED) is 0.804. The van der Waals surface area contributed by atoms with Gasteiger partial charge in [-0.3, -0.25) is 4.98 Å². The highest BCUT2D eigenvalue weighted by Gasteiger charge is 2.33. The van der Waals surface area contributed by atoms with Crippen LogP contribution in [0.2, 0.25) is 0 Å². The number of aromatic nitrogens is 3. The van der Waals surface area contributed by atoms with Crippen molar-refractivity contribution in [1.29, 1.82) is 0 Å². The van der Waals surface area contributed by atoms with Gasteiger partial charge in [-0.25, -0.2) is 4.98 Å². The van der Waals surface area contributed by atoms with Gasteiger partial charge in [0.2, 0.25) is 5.95 Å². The lowest BCUT2D eigenvalue weighted by Crippen LogP contribution is -2.19. The number of nitrogens with zero attached hydrogens (tertiary/aromatic N) is 3. The van der Waals surface area contributed by atoms with Gasteiger partial charge in [-0.15, -0.1) is 0 Å². The maximum atomic E-state index is 13.0. The number of nitrogens with one attached hydrogen (secondary N) is 2. The highest BCUT2D eigenvalue weighted by Crippen LogP contribution is 2.29. The van der Waals surface area contributed by atoms with Gasteiger partial charge in [0.15, 0.2) is 5.69 Å². The van der Waals surface area contributed by atoms with E-state index in [2.05, 4.69) is 25.6 Å². The van der Waals surface area contributed by atoms with Crippen LogP contribution in [0.1, 0.15) is 31.5 Å². The smallest absolute Gasteiger partial charge is 0.370 e. The van der Waals surface area contributed by atoms with E-state index in [-0.39, 0.29) is 17.8 Å². The summed E-state index contributed by atoms with van der Waals surface area (Å²) in [5.74, 6) is 0.128. The Kier molecular flexibility index (Phi) is 5.94. The van der Waals surface area contributed by atoms with Crippen molar-refractivity contribution >= 4 is 11.8 Å². The molecule has 0 amide bonds. The van der Waals surface area contributed by atoms with Gasteiger partial charge in [-0.2, -0.15) is 18.2 Å². The molecule has 0 fully saturated rings. The average molecular weight is 339 g/mol. The molecule has 0 saturated carbocycles. The maximum absolute atomic E-state index is 13.0. The van der Waals surface area contributed by atoms with Gasteiger partial charge in [0.1, 0.15) is 5.82 Å². The maximum Gasteiger partial charge on any atom is 0.433 e. The van der Waals surface area contributed by atoms with E-state index in [9.17, 15) is 13.2 Å². The Bertz CT molecular complexity index is 646. The molecule has 2 aromatic heterocycles. The van der Waals surface area contributed by atoms with E-state index in [0.717, 1.165) is 18.1 Å². The highest BCUT2D eigenvalue weighted by molar-refractivity contribution is 5.43. The Labute approximate surface area is 138 Å². The fourth-order valence-electron chi connectivity index (χ4n) is 1.95. The molecule has 130 valence electrons. The summed E-state index contributed by atoms with van der Waals surface area (Å²) in [7, 11) is 0. The van der Waals surface area contributed by atoms with Crippen molar-refractivity contribution in [2.24, 2.45) is 0 Å². The Hall–Kier alpha value is -2.38. The normalized spacial score (nSPS) is 12.7. The second-order valence-electron chi connectivity index (χ2n) is 5.45. The molecule has 24 heavy (non-hydrogen) atoms. The SMILES string of the molecule is CC[C@H](C)Nc1nc(NCCc2ccncc2)cc(C(F)(F)F)n1. The summed E-state index contributed by atoms with van der Waals surface area (Å²) in [4.78, 5) is 11.6. The number of pyridine rings is 1. The molecule has 8 heteroatoms. The van der Waals surface area contributed by atoms with Crippen LogP contribution in [0.5, 0.6) is 0 Å². The van der Waals surface area contributed by atoms with Crippen molar-refractivity contribution in [2.75, 3.05) is 17.2 Å². The second kappa shape index (κ2) is 7.94. The molecule has 2 heterocycles. The zero-order valence-corrected chi connectivity index (χ0v) is 13.6. The molecule has 2 rings (SSSR count). The van der Waals surface area contributed by atoms with Crippen molar-refractivity contribution in [3.05, 3.63) is 41.9 Å². The first-order valence-corrected chi connectivity index (χ1v) is 7.74. The fourth-order valence-corrected chi connectivity index (χ4v) is 1.95. The van der Waals surface area contributed by atoms with Crippen LogP contribution in [0, 0.1) is 0 Å². The summed E-state index contributed by atoms with van der Waals surface area (Å²) in [5, 5.41) is 5.81. The molecule has 0 aliphatic rings. The van der Waals surface area contributed by atoms with E-state index in [4.69, 9.17) is 0 Å². The molecule has 0 bridgehead atoms. The lowest BCUT2D eigenvalue weighted by Gasteiger charge is -2.15. The van der Waals surface area contributed by atoms with E-state index < -0.39 is 11.9 Å². The van der Waals surface area contributed by atoms with E-state index >= 15 is 0 Å². The predicted molar refractivity (Wildman–Crippen MR) is 86.8 cm³/mol. The molecular weight excluding hydrogens is 319 g/mol. The van der Waals surface area contributed by atoms with Crippen molar-refractivity contribution in [1.82, 2.24) is 15.0 Å². The van der Waals surface area contributed by atoms with Gasteiger partial charge in [-0.1, -0.05) is 6.92 Å². The Balaban J connectivity index is 2.10. The first-order valence-electron chi connectivity index (χ1n) is 7.74. The van der Waals surface area contributed by atoms with Gasteiger partial charge < -0.3 is 10.6 Å². The summed E-state index contributed by atoms with van der Waals surface area (Å²) in [6, 6.07) is 4.63. The fraction of sp³-hybridized carbons (Fsp3) is 0.438. The zero-order valence-electron chi connectivity index (χ0n) is 13.6. The monoisotopic (exact) mass is 339 g/mol. The molecule has 1 atom stereocenters. The number of alkyl halides is 3. The third kappa shape index (κ3) is 5.36. The van der Waals surface area contributed by atoms with E-state index in [0.29, 0.717) is 13.0 Å². The van der Waals surface area contributed by atoms with Gasteiger partial charge >= 0.3 is 6.18 Å². The van der Waals surface area contributed by atoms with Crippen molar-refractivity contribution in [3.63, 3.8) is 0 Å². The summed E-state index contributed by atoms with van der Waals surface area (Å²) < 4.78 is 39.0. The summed E-state index contributed by atoms with van der Waals surface area (Å²) in [6.07, 6.45) is 0.245. The molecular formula is C16H20F3N5. The molecule has 2 N–H and O–H groups in total. The third-order valence-electron chi connectivity index (χ3n) is 3.47. The van der Waals surface area contributed by atoms with Crippen LogP contribution in [-0.4, -0.2) is 27.5 Å². The largest absolute Gasteiger partial charge is 0.433 e. The minimum Gasteiger partial charge on any atom is -0.370 e. The molecule has 0 aliphatic carbocycles. The number of hydrogen-bond acceptors (Lipinski definition) is 5. The molecule has 5 nitrogen and oxygen atoms in total. The van der Waals surface area contributed by atoms with Gasteiger partial charge in [0.05, 0.1) is 0 Å². The lowest BCUT2D eigenvalue weighted by atomic mass is 10.2. The van der Waals surface area contributed by atoms with E-state index in [1.54, 1.807) is 12.4 Å². The van der Waals surface area contributed by atoms with Crippen LogP contribution < -0.4 is 10.6 Å². The van der Waals surface area contributed by atoms with Crippen LogP contribution in [0.15, 0.2) is 30.6 Å². The van der Waals surface area contributed by atoms with Crippen molar-refractivity contribution in [3.8, 4) is 0 Å². The first-order chi connectivity index (χ1) is 11.4. The van der Waals surface area contributed by atoms with Crippen LogP contribution in [0.25, 0.3) is 0 Å². The standard InChI is InChI=1S/C16H20F3N5/c1-3-11(2)22-15-23-13(16(17,18)19)10-14(24-15)21-9-6-12-4-7-20-8-5-12/h4-5,7-8,10-11H,3,6,9H2,1-2H3,(H2,21,22,23,24)/t11-/m0/s1. The van der Waals surface area contributed by atoms with Crippen LogP contribution in [-0.2, 0) is 12.6 Å². The molecule has 0 saturated heterocycles. The number of halogens is 3. The summed E-state index contributed by atoms with van der Waals surface area (Å²) in [5.41, 5.74) is 0.0790. The highest BCUT2D eigenvalue weighted by atomic mass is 19.4. The van der Waals surface area contributed by atoms with Crippen molar-refractivity contribution < 1.29 is 13.2 Å². The van der Waals surface area contributed by atoms with Crippen molar-refractivity contribution in [2.45, 2.75) is 38.9 Å². The van der Waals surface area contributed by atoms with Crippen LogP contribution >= 0.6 is 0 Å². The molecule has 0 aliphatic heterocycles. The Morgan fingerprint density at radius 1 is 1.17 bits per heavy atom. The topological polar surface area (TPSA) is 62.7 Å². The third-order valence-corrected chi connectivity index (χ3v) is 3.47. The molecule has 0 radical (unpaired) electrons. The summed E-state index contributed by atoms with van der Waals surface area (Å²) >= 11 is 0. The van der Waals surface area contributed by atoms with Gasteiger partial charge in [-0.05, 0) is 37.5 Å². The average Bonchev–Trinajstić information content (AvgIpc) is 2.55. The molecule has 0 unspecified atom stereocenters.